The Hall–Kier alpha value is -2.11. The first-order valence-corrected chi connectivity index (χ1v) is 6.36. The van der Waals surface area contributed by atoms with Gasteiger partial charge in [0.05, 0.1) is 6.54 Å². The van der Waals surface area contributed by atoms with Crippen LogP contribution in [-0.2, 0) is 11.3 Å². The highest BCUT2D eigenvalue weighted by atomic mass is 16.4. The van der Waals surface area contributed by atoms with Gasteiger partial charge in [-0.2, -0.15) is 4.68 Å². The lowest BCUT2D eigenvalue weighted by Gasteiger charge is -2.01. The molecule has 0 spiro atoms. The summed E-state index contributed by atoms with van der Waals surface area (Å²) < 4.78 is 1.88. The number of carboxylic acid groups (broad SMARTS) is 1. The highest BCUT2D eigenvalue weighted by molar-refractivity contribution is 5.72. The quantitative estimate of drug-likeness (QED) is 0.477. The Kier molecular flexibility index (Phi) is 3.69. The van der Waals surface area contributed by atoms with Crippen LogP contribution < -0.4 is 10.5 Å². The molecule has 0 radical (unpaired) electrons. The standard InChI is InChI=1S/C13H18N4O2/c1-9-7-11-12(8-10(9)2)16(17(14)15-11)6-4-3-5-13(18)19/h7-8H,3-6H2,1-2H3,(H2-,14,15,18,19)/p+1. The fourth-order valence-corrected chi connectivity index (χ4v) is 2.11. The van der Waals surface area contributed by atoms with Crippen LogP contribution in [0.2, 0.25) is 0 Å². The molecule has 0 amide bonds. The minimum Gasteiger partial charge on any atom is -0.481 e. The van der Waals surface area contributed by atoms with Crippen LogP contribution in [0.1, 0.15) is 30.4 Å². The molecule has 102 valence electrons. The Balaban J connectivity index is 2.20. The number of carbonyl (C=O) groups is 1. The van der Waals surface area contributed by atoms with Gasteiger partial charge in [-0.25, -0.2) is 5.84 Å². The van der Waals surface area contributed by atoms with Crippen LogP contribution in [0.4, 0.5) is 0 Å². The summed E-state index contributed by atoms with van der Waals surface area (Å²) in [5.41, 5.74) is 4.23. The molecule has 0 saturated heterocycles. The van der Waals surface area contributed by atoms with E-state index in [4.69, 9.17) is 10.9 Å². The van der Waals surface area contributed by atoms with E-state index < -0.39 is 5.97 Å². The largest absolute Gasteiger partial charge is 0.481 e. The number of nitrogen functional groups attached to an aromatic ring is 1. The van der Waals surface area contributed by atoms with Crippen molar-refractivity contribution in [2.45, 2.75) is 39.7 Å². The summed E-state index contributed by atoms with van der Waals surface area (Å²) in [6.45, 7) is 4.77. The number of benzene rings is 1. The van der Waals surface area contributed by atoms with E-state index in [2.05, 4.69) is 18.1 Å². The maximum atomic E-state index is 10.5. The Morgan fingerprint density at radius 3 is 2.74 bits per heavy atom. The topological polar surface area (TPSA) is 85.0 Å². The van der Waals surface area contributed by atoms with Crippen LogP contribution in [0.5, 0.6) is 0 Å². The minimum absolute atomic E-state index is 0.190. The molecule has 19 heavy (non-hydrogen) atoms. The van der Waals surface area contributed by atoms with E-state index in [1.165, 1.54) is 16.0 Å². The summed E-state index contributed by atoms with van der Waals surface area (Å²) in [5.74, 6) is 5.09. The molecule has 6 heteroatoms. The number of fused-ring (bicyclic) bond motifs is 1. The molecular formula is C13H19N4O2+. The Bertz CT molecular complexity index is 619. The van der Waals surface area contributed by atoms with Crippen LogP contribution >= 0.6 is 0 Å². The van der Waals surface area contributed by atoms with Crippen molar-refractivity contribution in [2.24, 2.45) is 0 Å². The van der Waals surface area contributed by atoms with Gasteiger partial charge in [0.15, 0.2) is 5.52 Å². The maximum absolute atomic E-state index is 10.5. The second-order valence-corrected chi connectivity index (χ2v) is 4.82. The van der Waals surface area contributed by atoms with Crippen LogP contribution in [0.25, 0.3) is 11.0 Å². The summed E-state index contributed by atoms with van der Waals surface area (Å²) in [4.78, 5) is 11.8. The van der Waals surface area contributed by atoms with Gasteiger partial charge in [0, 0.05) is 16.4 Å². The Morgan fingerprint density at radius 1 is 1.37 bits per heavy atom. The molecule has 0 atom stereocenters. The number of aryl methyl sites for hydroxylation is 3. The molecular weight excluding hydrogens is 244 g/mol. The third kappa shape index (κ3) is 2.83. The number of carboxylic acids is 1. The predicted octanol–water partition coefficient (Wildman–Crippen LogP) is 0.909. The van der Waals surface area contributed by atoms with Gasteiger partial charge in [0.1, 0.15) is 0 Å². The second kappa shape index (κ2) is 5.26. The summed E-state index contributed by atoms with van der Waals surface area (Å²) in [5, 5.41) is 12.9. The van der Waals surface area contributed by atoms with E-state index in [-0.39, 0.29) is 6.42 Å². The molecule has 0 bridgehead atoms. The van der Waals surface area contributed by atoms with E-state index in [1.807, 2.05) is 17.7 Å². The van der Waals surface area contributed by atoms with Crippen LogP contribution in [-0.4, -0.2) is 21.1 Å². The zero-order valence-electron chi connectivity index (χ0n) is 11.3. The lowest BCUT2D eigenvalue weighted by Crippen LogP contribution is -2.48. The summed E-state index contributed by atoms with van der Waals surface area (Å²) in [6.07, 6.45) is 1.59. The van der Waals surface area contributed by atoms with Gasteiger partial charge in [-0.3, -0.25) is 4.79 Å². The number of aliphatic carboxylic acids is 1. The maximum Gasteiger partial charge on any atom is 0.303 e. The molecule has 1 aromatic carbocycles. The fraction of sp³-hybridized carbons (Fsp3) is 0.462. The number of unbranched alkanes of at least 4 members (excludes halogenated alkanes) is 1. The van der Waals surface area contributed by atoms with Gasteiger partial charge in [-0.15, -0.1) is 0 Å². The first-order chi connectivity index (χ1) is 8.99. The number of hydrogen-bond acceptors (Lipinski definition) is 3. The smallest absolute Gasteiger partial charge is 0.303 e. The van der Waals surface area contributed by atoms with E-state index in [0.717, 1.165) is 17.5 Å². The minimum atomic E-state index is -0.761. The van der Waals surface area contributed by atoms with Gasteiger partial charge in [0.2, 0.25) is 5.52 Å². The molecule has 0 aliphatic carbocycles. The van der Waals surface area contributed by atoms with Gasteiger partial charge >= 0.3 is 5.97 Å². The third-order valence-corrected chi connectivity index (χ3v) is 3.34. The van der Waals surface area contributed by atoms with Crippen LogP contribution in [0.15, 0.2) is 12.1 Å². The first-order valence-electron chi connectivity index (χ1n) is 6.36. The highest BCUT2D eigenvalue weighted by Gasteiger charge is 2.15. The average molecular weight is 263 g/mol. The zero-order valence-corrected chi connectivity index (χ0v) is 11.3. The average Bonchev–Trinajstić information content (AvgIpc) is 2.61. The molecule has 3 N–H and O–H groups in total. The first kappa shape index (κ1) is 13.3. The Labute approximate surface area is 111 Å². The van der Waals surface area contributed by atoms with E-state index in [0.29, 0.717) is 13.0 Å². The molecule has 0 fully saturated rings. The number of nitrogens with two attached hydrogens (primary N) is 1. The molecule has 0 saturated carbocycles. The molecule has 1 aromatic heterocycles. The van der Waals surface area contributed by atoms with Crippen molar-refractivity contribution >= 4 is 17.0 Å². The van der Waals surface area contributed by atoms with Crippen molar-refractivity contribution in [3.05, 3.63) is 23.3 Å². The molecule has 2 rings (SSSR count). The van der Waals surface area contributed by atoms with Crippen molar-refractivity contribution in [2.75, 3.05) is 5.84 Å². The predicted molar refractivity (Wildman–Crippen MR) is 71.0 cm³/mol. The molecule has 0 aliphatic rings. The molecule has 0 unspecified atom stereocenters. The van der Waals surface area contributed by atoms with E-state index in [9.17, 15) is 4.79 Å². The van der Waals surface area contributed by atoms with Crippen molar-refractivity contribution in [3.8, 4) is 0 Å². The van der Waals surface area contributed by atoms with E-state index >= 15 is 0 Å². The SMILES string of the molecule is Cc1cc2nn(N)[n+](CCCCC(=O)O)c2cc1C. The summed E-state index contributed by atoms with van der Waals surface area (Å²) in [6, 6.07) is 4.08. The van der Waals surface area contributed by atoms with Crippen molar-refractivity contribution in [1.29, 1.82) is 0 Å². The molecule has 2 aromatic rings. The van der Waals surface area contributed by atoms with Gasteiger partial charge < -0.3 is 5.11 Å². The van der Waals surface area contributed by atoms with Gasteiger partial charge in [-0.05, 0) is 49.9 Å². The number of rotatable bonds is 5. The number of aromatic nitrogens is 3. The van der Waals surface area contributed by atoms with Gasteiger partial charge in [-0.1, -0.05) is 0 Å². The normalized spacial score (nSPS) is 11.1. The number of hydrogen-bond donors (Lipinski definition) is 2. The van der Waals surface area contributed by atoms with Crippen molar-refractivity contribution in [1.82, 2.24) is 10.0 Å². The van der Waals surface area contributed by atoms with Crippen LogP contribution in [0, 0.1) is 13.8 Å². The fourth-order valence-electron chi connectivity index (χ4n) is 2.11. The zero-order chi connectivity index (χ0) is 14.0. The third-order valence-electron chi connectivity index (χ3n) is 3.34. The highest BCUT2D eigenvalue weighted by Crippen LogP contribution is 2.14. The van der Waals surface area contributed by atoms with E-state index in [1.54, 1.807) is 0 Å². The molecule has 1 heterocycles. The second-order valence-electron chi connectivity index (χ2n) is 4.82. The molecule has 0 aliphatic heterocycles. The monoisotopic (exact) mass is 263 g/mol. The van der Waals surface area contributed by atoms with Crippen molar-refractivity contribution in [3.63, 3.8) is 0 Å². The summed E-state index contributed by atoms with van der Waals surface area (Å²) in [7, 11) is 0. The lowest BCUT2D eigenvalue weighted by molar-refractivity contribution is -0.753. The number of nitrogens with zero attached hydrogens (tertiary/aromatic N) is 3. The van der Waals surface area contributed by atoms with Gasteiger partial charge in [0.25, 0.3) is 0 Å². The molecule has 6 nitrogen and oxygen atoms in total. The van der Waals surface area contributed by atoms with Crippen molar-refractivity contribution < 1.29 is 14.6 Å². The lowest BCUT2D eigenvalue weighted by atomic mass is 10.1. The summed E-state index contributed by atoms with van der Waals surface area (Å²) >= 11 is 0. The Morgan fingerprint density at radius 2 is 2.05 bits per heavy atom. The van der Waals surface area contributed by atoms with Crippen LogP contribution in [0.3, 0.4) is 0 Å².